The first-order valence-corrected chi connectivity index (χ1v) is 12.5. The first-order valence-electron chi connectivity index (χ1n) is 12.5. The molecule has 202 valence electrons. The molecule has 4 N–H and O–H groups in total. The van der Waals surface area contributed by atoms with Crippen molar-refractivity contribution in [2.75, 3.05) is 25.1 Å². The Hall–Kier alpha value is -4.94. The highest BCUT2D eigenvalue weighted by Gasteiger charge is 2.29. The molecule has 13 nitrogen and oxygen atoms in total. The molecule has 3 amide bonds. The van der Waals surface area contributed by atoms with Crippen LogP contribution in [0.5, 0.6) is 11.5 Å². The van der Waals surface area contributed by atoms with Crippen LogP contribution in [0.2, 0.25) is 0 Å². The number of nitrogens with one attached hydrogen (secondary N) is 2. The van der Waals surface area contributed by atoms with Crippen molar-refractivity contribution in [2.24, 2.45) is 5.73 Å². The molecule has 13 heteroatoms. The van der Waals surface area contributed by atoms with E-state index in [1.807, 2.05) is 18.4 Å². The van der Waals surface area contributed by atoms with Gasteiger partial charge in [0.25, 0.3) is 11.8 Å². The fraction of sp³-hybridized carbons (Fsp3) is 0.308. The number of nitrogens with two attached hydrogens (primary N) is 1. The number of imidazole rings is 1. The van der Waals surface area contributed by atoms with E-state index in [1.165, 1.54) is 6.20 Å². The van der Waals surface area contributed by atoms with Gasteiger partial charge in [0.1, 0.15) is 29.3 Å². The number of ether oxygens (including phenoxy) is 2. The Bertz CT molecular complexity index is 1540. The van der Waals surface area contributed by atoms with Gasteiger partial charge in [-0.15, -0.1) is 0 Å². The van der Waals surface area contributed by atoms with Crippen LogP contribution in [0.25, 0.3) is 11.0 Å². The summed E-state index contributed by atoms with van der Waals surface area (Å²) in [4.78, 5) is 46.0. The molecule has 0 radical (unpaired) electrons. The second-order valence-electron chi connectivity index (χ2n) is 9.03. The van der Waals surface area contributed by atoms with E-state index in [4.69, 9.17) is 15.2 Å². The molecular formula is C26H28N8O5. The lowest BCUT2D eigenvalue weighted by molar-refractivity contribution is -0.123. The van der Waals surface area contributed by atoms with Crippen molar-refractivity contribution in [3.63, 3.8) is 0 Å². The fourth-order valence-electron chi connectivity index (χ4n) is 4.51. The predicted octanol–water partition coefficient (Wildman–Crippen LogP) is 1.83. The third-order valence-corrected chi connectivity index (χ3v) is 6.29. The Morgan fingerprint density at radius 2 is 2.10 bits per heavy atom. The van der Waals surface area contributed by atoms with Gasteiger partial charge in [0, 0.05) is 24.8 Å². The maximum atomic E-state index is 13.2. The van der Waals surface area contributed by atoms with Gasteiger partial charge >= 0.3 is 0 Å². The standard InChI is InChI=1S/C26H28N8O5/c1-3-33-20(9-15(2)32-33)25(37)31-26-30-19-10-16(24(27)36)11-21-23(19)34(26)17(13-39-21)6-8-29-22(35)14-38-18-5-4-7-28-12-18/h4-5,7,9-12,17H,3,6,8,13-14H2,1-2H3,(H2,27,36)(H,29,35)(H,30,31,37)/t17-/m0/s1. The van der Waals surface area contributed by atoms with Crippen LogP contribution in [-0.4, -0.2) is 61.8 Å². The van der Waals surface area contributed by atoms with Crippen LogP contribution in [0.15, 0.2) is 42.7 Å². The number of amides is 3. The maximum Gasteiger partial charge on any atom is 0.276 e. The van der Waals surface area contributed by atoms with E-state index in [0.717, 1.165) is 5.69 Å². The average molecular weight is 533 g/mol. The monoisotopic (exact) mass is 532 g/mol. The number of nitrogens with zero attached hydrogens (tertiary/aromatic N) is 5. The molecule has 1 atom stereocenters. The van der Waals surface area contributed by atoms with Gasteiger partial charge in [-0.05, 0) is 50.6 Å². The van der Waals surface area contributed by atoms with Crippen LogP contribution >= 0.6 is 0 Å². The number of rotatable bonds is 10. The molecule has 0 saturated carbocycles. The first kappa shape index (κ1) is 25.7. The minimum absolute atomic E-state index is 0.146. The summed E-state index contributed by atoms with van der Waals surface area (Å²) < 4.78 is 14.9. The summed E-state index contributed by atoms with van der Waals surface area (Å²) >= 11 is 0. The molecule has 1 aliphatic rings. The average Bonchev–Trinajstić information content (AvgIpc) is 3.50. The van der Waals surface area contributed by atoms with Crippen molar-refractivity contribution in [3.8, 4) is 11.5 Å². The van der Waals surface area contributed by atoms with Gasteiger partial charge in [0.05, 0.1) is 23.4 Å². The number of aromatic nitrogens is 5. The number of carbonyl (C=O) groups excluding carboxylic acids is 3. The van der Waals surface area contributed by atoms with Gasteiger partial charge in [-0.1, -0.05) is 0 Å². The molecule has 0 bridgehead atoms. The molecule has 3 aromatic heterocycles. The normalized spacial score (nSPS) is 14.1. The molecule has 4 aromatic rings. The lowest BCUT2D eigenvalue weighted by Gasteiger charge is -2.27. The van der Waals surface area contributed by atoms with Crippen molar-refractivity contribution in [2.45, 2.75) is 32.9 Å². The number of aryl methyl sites for hydroxylation is 2. The summed E-state index contributed by atoms with van der Waals surface area (Å²) in [7, 11) is 0. The smallest absolute Gasteiger partial charge is 0.276 e. The van der Waals surface area contributed by atoms with Gasteiger partial charge in [0.15, 0.2) is 6.61 Å². The van der Waals surface area contributed by atoms with Crippen LogP contribution in [0.4, 0.5) is 5.95 Å². The Morgan fingerprint density at radius 3 is 2.85 bits per heavy atom. The molecule has 0 saturated heterocycles. The summed E-state index contributed by atoms with van der Waals surface area (Å²) in [5.74, 6) is -0.0345. The van der Waals surface area contributed by atoms with Gasteiger partial charge in [-0.2, -0.15) is 5.10 Å². The van der Waals surface area contributed by atoms with Crippen LogP contribution in [-0.2, 0) is 11.3 Å². The lowest BCUT2D eigenvalue weighted by atomic mass is 10.1. The van der Waals surface area contributed by atoms with Crippen molar-refractivity contribution < 1.29 is 23.9 Å². The largest absolute Gasteiger partial charge is 0.489 e. The maximum absolute atomic E-state index is 13.2. The van der Waals surface area contributed by atoms with Crippen LogP contribution < -0.4 is 25.8 Å². The summed E-state index contributed by atoms with van der Waals surface area (Å²) in [6, 6.07) is 8.01. The van der Waals surface area contributed by atoms with Crippen molar-refractivity contribution >= 4 is 34.7 Å². The zero-order valence-electron chi connectivity index (χ0n) is 21.5. The summed E-state index contributed by atoms with van der Waals surface area (Å²) in [5.41, 5.74) is 7.95. The van der Waals surface area contributed by atoms with Crippen molar-refractivity contribution in [3.05, 3.63) is 59.7 Å². The van der Waals surface area contributed by atoms with E-state index < -0.39 is 5.91 Å². The van der Waals surface area contributed by atoms with Crippen molar-refractivity contribution in [1.29, 1.82) is 0 Å². The lowest BCUT2D eigenvalue weighted by Crippen LogP contribution is -2.33. The zero-order valence-corrected chi connectivity index (χ0v) is 21.5. The van der Waals surface area contributed by atoms with Gasteiger partial charge < -0.3 is 25.1 Å². The summed E-state index contributed by atoms with van der Waals surface area (Å²) in [5, 5.41) is 10.1. The van der Waals surface area contributed by atoms with Crippen LogP contribution in [0.3, 0.4) is 0 Å². The first-order chi connectivity index (χ1) is 18.8. The molecule has 0 spiro atoms. The number of pyridine rings is 1. The minimum atomic E-state index is -0.613. The quantitative estimate of drug-likeness (QED) is 0.278. The second kappa shape index (κ2) is 10.8. The SMILES string of the molecule is CCn1nc(C)cc1C(=O)Nc1nc2cc(C(N)=O)cc3c2n1[C@@H](CCNC(=O)COc1cccnc1)CO3. The molecule has 39 heavy (non-hydrogen) atoms. The molecule has 0 unspecified atom stereocenters. The Balaban J connectivity index is 1.36. The van der Waals surface area contributed by atoms with E-state index in [1.54, 1.807) is 41.2 Å². The highest BCUT2D eigenvalue weighted by molar-refractivity contribution is 6.04. The Kier molecular flexibility index (Phi) is 7.12. The number of anilines is 1. The molecular weight excluding hydrogens is 504 g/mol. The highest BCUT2D eigenvalue weighted by Crippen LogP contribution is 2.38. The van der Waals surface area contributed by atoms with E-state index >= 15 is 0 Å². The molecule has 1 aliphatic heterocycles. The summed E-state index contributed by atoms with van der Waals surface area (Å²) in [6.07, 6.45) is 3.63. The number of carbonyl (C=O) groups is 3. The van der Waals surface area contributed by atoms with E-state index in [-0.39, 0.29) is 36.6 Å². The predicted molar refractivity (Wildman–Crippen MR) is 141 cm³/mol. The van der Waals surface area contributed by atoms with E-state index in [2.05, 4.69) is 25.7 Å². The molecule has 0 fully saturated rings. The van der Waals surface area contributed by atoms with Gasteiger partial charge in [-0.3, -0.25) is 29.4 Å². The molecule has 5 rings (SSSR count). The molecule has 4 heterocycles. The number of hydrogen-bond acceptors (Lipinski definition) is 8. The third-order valence-electron chi connectivity index (χ3n) is 6.29. The van der Waals surface area contributed by atoms with E-state index in [9.17, 15) is 14.4 Å². The third kappa shape index (κ3) is 5.37. The van der Waals surface area contributed by atoms with Crippen LogP contribution in [0, 0.1) is 6.92 Å². The van der Waals surface area contributed by atoms with Gasteiger partial charge in [0.2, 0.25) is 11.9 Å². The minimum Gasteiger partial charge on any atom is -0.489 e. The highest BCUT2D eigenvalue weighted by atomic mass is 16.5. The van der Waals surface area contributed by atoms with Crippen molar-refractivity contribution in [1.82, 2.24) is 29.6 Å². The van der Waals surface area contributed by atoms with Gasteiger partial charge in [-0.25, -0.2) is 4.98 Å². The summed E-state index contributed by atoms with van der Waals surface area (Å²) in [6.45, 7) is 4.66. The Morgan fingerprint density at radius 1 is 1.26 bits per heavy atom. The Labute approximate surface area is 223 Å². The van der Waals surface area contributed by atoms with E-state index in [0.29, 0.717) is 53.7 Å². The molecule has 1 aromatic carbocycles. The topological polar surface area (TPSA) is 168 Å². The molecule has 0 aliphatic carbocycles. The second-order valence-corrected chi connectivity index (χ2v) is 9.03. The zero-order chi connectivity index (χ0) is 27.5. The van der Waals surface area contributed by atoms with Crippen LogP contribution in [0.1, 0.15) is 45.9 Å². The fourth-order valence-corrected chi connectivity index (χ4v) is 4.51. The number of benzene rings is 1. The number of hydrogen-bond donors (Lipinski definition) is 3. The number of primary amides is 1.